The molecule has 2 N–H and O–H groups in total. The summed E-state index contributed by atoms with van der Waals surface area (Å²) in [6, 6.07) is 20.4. The van der Waals surface area contributed by atoms with Gasteiger partial charge in [-0.2, -0.15) is 4.98 Å². The maximum atomic E-state index is 12.4. The van der Waals surface area contributed by atoms with Crippen LogP contribution in [-0.2, 0) is 6.54 Å². The second-order valence-corrected chi connectivity index (χ2v) is 8.57. The lowest BCUT2D eigenvalue weighted by Crippen LogP contribution is -2.19. The van der Waals surface area contributed by atoms with Gasteiger partial charge in [0.1, 0.15) is 5.69 Å². The minimum absolute atomic E-state index is 0.184. The first-order chi connectivity index (χ1) is 18.1. The number of carbonyl (C=O) groups is 1. The molecular formula is C27H22N6O4. The summed E-state index contributed by atoms with van der Waals surface area (Å²) in [5.74, 6) is 2.16. The fourth-order valence-corrected chi connectivity index (χ4v) is 3.96. The first-order valence-electron chi connectivity index (χ1n) is 11.6. The molecule has 10 heteroatoms. The summed E-state index contributed by atoms with van der Waals surface area (Å²) in [5.41, 5.74) is 4.94. The number of aryl methyl sites for hydroxylation is 1. The van der Waals surface area contributed by atoms with Gasteiger partial charge in [-0.05, 0) is 42.8 Å². The van der Waals surface area contributed by atoms with Gasteiger partial charge in [-0.15, -0.1) is 0 Å². The zero-order valence-corrected chi connectivity index (χ0v) is 19.8. The zero-order valence-electron chi connectivity index (χ0n) is 19.8. The van der Waals surface area contributed by atoms with Crippen LogP contribution in [0, 0.1) is 6.92 Å². The van der Waals surface area contributed by atoms with E-state index in [-0.39, 0.29) is 12.8 Å². The molecule has 0 bridgehead atoms. The van der Waals surface area contributed by atoms with Gasteiger partial charge in [0.2, 0.25) is 12.6 Å². The van der Waals surface area contributed by atoms with Crippen molar-refractivity contribution in [2.75, 3.05) is 17.4 Å². The van der Waals surface area contributed by atoms with Crippen LogP contribution in [0.1, 0.15) is 11.1 Å². The molecule has 1 aliphatic heterocycles. The van der Waals surface area contributed by atoms with Crippen LogP contribution in [0.2, 0.25) is 0 Å². The van der Waals surface area contributed by atoms with Crippen LogP contribution >= 0.6 is 0 Å². The standard InChI is InChI=1S/C27H22N6O4/c1-17-3-2-4-19(11-17)25-31-26(37-32-25)22-14-33(15-28-22)13-18-5-7-20(8-6-18)29-27(34)30-21-9-10-23-24(12-21)36-16-35-23/h2-12,14-15H,13,16H2,1H3,(H2,29,30,34). The predicted octanol–water partition coefficient (Wildman–Crippen LogP) is 5.33. The van der Waals surface area contributed by atoms with E-state index in [9.17, 15) is 4.79 Å². The molecular weight excluding hydrogens is 472 g/mol. The third-order valence-corrected chi connectivity index (χ3v) is 5.76. The molecule has 37 heavy (non-hydrogen) atoms. The van der Waals surface area contributed by atoms with Crippen molar-refractivity contribution in [3.63, 3.8) is 0 Å². The fourth-order valence-electron chi connectivity index (χ4n) is 3.96. The molecule has 0 saturated carbocycles. The molecule has 0 aliphatic carbocycles. The Labute approximate surface area is 211 Å². The summed E-state index contributed by atoms with van der Waals surface area (Å²) in [4.78, 5) is 21.3. The van der Waals surface area contributed by atoms with E-state index in [1.165, 1.54) is 0 Å². The molecule has 3 heterocycles. The number of urea groups is 1. The number of nitrogens with zero attached hydrogens (tertiary/aromatic N) is 4. The van der Waals surface area contributed by atoms with Gasteiger partial charge in [-0.1, -0.05) is 41.1 Å². The minimum Gasteiger partial charge on any atom is -0.454 e. The molecule has 2 amide bonds. The number of carbonyl (C=O) groups excluding carboxylic acids is 1. The number of anilines is 2. The molecule has 2 aromatic heterocycles. The lowest BCUT2D eigenvalue weighted by atomic mass is 10.1. The quantitative estimate of drug-likeness (QED) is 0.328. The van der Waals surface area contributed by atoms with Gasteiger partial charge in [0.05, 0.1) is 6.33 Å². The lowest BCUT2D eigenvalue weighted by molar-refractivity contribution is 0.174. The molecule has 0 radical (unpaired) electrons. The van der Waals surface area contributed by atoms with E-state index in [1.807, 2.05) is 66.2 Å². The number of aromatic nitrogens is 4. The number of nitrogens with one attached hydrogen (secondary N) is 2. The number of amides is 2. The van der Waals surface area contributed by atoms with E-state index in [2.05, 4.69) is 25.8 Å². The monoisotopic (exact) mass is 494 g/mol. The molecule has 0 fully saturated rings. The molecule has 10 nitrogen and oxygen atoms in total. The summed E-state index contributed by atoms with van der Waals surface area (Å²) in [6.45, 7) is 2.80. The number of ether oxygens (including phenoxy) is 2. The third kappa shape index (κ3) is 4.98. The average Bonchev–Trinajstić information content (AvgIpc) is 3.66. The Morgan fingerprint density at radius 1 is 0.973 bits per heavy atom. The molecule has 0 saturated heterocycles. The Morgan fingerprint density at radius 2 is 1.78 bits per heavy atom. The fraction of sp³-hybridized carbons (Fsp3) is 0.111. The van der Waals surface area contributed by atoms with Crippen molar-refractivity contribution in [2.45, 2.75) is 13.5 Å². The second-order valence-electron chi connectivity index (χ2n) is 8.57. The molecule has 3 aromatic carbocycles. The molecule has 6 rings (SSSR count). The van der Waals surface area contributed by atoms with Gasteiger partial charge in [0.25, 0.3) is 5.89 Å². The first kappa shape index (κ1) is 22.4. The largest absolute Gasteiger partial charge is 0.454 e. The van der Waals surface area contributed by atoms with E-state index in [0.717, 1.165) is 16.7 Å². The van der Waals surface area contributed by atoms with E-state index in [4.69, 9.17) is 14.0 Å². The molecule has 0 unspecified atom stereocenters. The van der Waals surface area contributed by atoms with Crippen LogP contribution in [0.4, 0.5) is 16.2 Å². The van der Waals surface area contributed by atoms with Crippen molar-refractivity contribution in [3.8, 4) is 34.5 Å². The SMILES string of the molecule is Cc1cccc(-c2noc(-c3cn(Cc4ccc(NC(=O)Nc5ccc6c(c5)OCO6)cc4)cn3)n2)c1. The number of benzene rings is 3. The Kier molecular flexibility index (Phi) is 5.74. The van der Waals surface area contributed by atoms with Gasteiger partial charge in [0, 0.05) is 35.7 Å². The van der Waals surface area contributed by atoms with E-state index in [0.29, 0.717) is 46.8 Å². The van der Waals surface area contributed by atoms with Crippen LogP contribution in [-0.4, -0.2) is 32.5 Å². The average molecular weight is 495 g/mol. The smallest absolute Gasteiger partial charge is 0.323 e. The molecule has 0 spiro atoms. The number of imidazole rings is 1. The van der Waals surface area contributed by atoms with Crippen molar-refractivity contribution < 1.29 is 18.8 Å². The van der Waals surface area contributed by atoms with Crippen LogP contribution in [0.5, 0.6) is 11.5 Å². The van der Waals surface area contributed by atoms with Gasteiger partial charge in [0.15, 0.2) is 11.5 Å². The zero-order chi connectivity index (χ0) is 25.2. The highest BCUT2D eigenvalue weighted by molar-refractivity contribution is 5.99. The van der Waals surface area contributed by atoms with Gasteiger partial charge >= 0.3 is 6.03 Å². The van der Waals surface area contributed by atoms with Crippen molar-refractivity contribution >= 4 is 17.4 Å². The van der Waals surface area contributed by atoms with Crippen molar-refractivity contribution in [2.24, 2.45) is 0 Å². The summed E-state index contributed by atoms with van der Waals surface area (Å²) in [6.07, 6.45) is 3.58. The summed E-state index contributed by atoms with van der Waals surface area (Å²) >= 11 is 0. The summed E-state index contributed by atoms with van der Waals surface area (Å²) in [5, 5.41) is 9.70. The van der Waals surface area contributed by atoms with Crippen molar-refractivity contribution in [1.29, 1.82) is 0 Å². The Hall–Kier alpha value is -5.12. The van der Waals surface area contributed by atoms with Crippen molar-refractivity contribution in [1.82, 2.24) is 19.7 Å². The van der Waals surface area contributed by atoms with E-state index >= 15 is 0 Å². The number of rotatable bonds is 6. The Bertz CT molecular complexity index is 1570. The van der Waals surface area contributed by atoms with Gasteiger partial charge < -0.3 is 29.2 Å². The molecule has 0 atom stereocenters. The molecule has 1 aliphatic rings. The van der Waals surface area contributed by atoms with Crippen LogP contribution in [0.15, 0.2) is 83.8 Å². The number of fused-ring (bicyclic) bond motifs is 1. The highest BCUT2D eigenvalue weighted by Crippen LogP contribution is 2.34. The maximum absolute atomic E-state index is 12.4. The van der Waals surface area contributed by atoms with Gasteiger partial charge in [-0.3, -0.25) is 0 Å². The Morgan fingerprint density at radius 3 is 2.65 bits per heavy atom. The first-order valence-corrected chi connectivity index (χ1v) is 11.6. The maximum Gasteiger partial charge on any atom is 0.323 e. The van der Waals surface area contributed by atoms with Crippen LogP contribution in [0.25, 0.3) is 23.0 Å². The summed E-state index contributed by atoms with van der Waals surface area (Å²) in [7, 11) is 0. The minimum atomic E-state index is -0.351. The van der Waals surface area contributed by atoms with Crippen molar-refractivity contribution in [3.05, 3.63) is 90.4 Å². The molecule has 5 aromatic rings. The van der Waals surface area contributed by atoms with Crippen LogP contribution < -0.4 is 20.1 Å². The number of hydrogen-bond donors (Lipinski definition) is 2. The van der Waals surface area contributed by atoms with E-state index in [1.54, 1.807) is 24.5 Å². The Balaban J connectivity index is 1.06. The summed E-state index contributed by atoms with van der Waals surface area (Å²) < 4.78 is 18.0. The predicted molar refractivity (Wildman–Crippen MR) is 136 cm³/mol. The van der Waals surface area contributed by atoms with Gasteiger partial charge in [-0.25, -0.2) is 9.78 Å². The van der Waals surface area contributed by atoms with Crippen LogP contribution in [0.3, 0.4) is 0 Å². The molecule has 184 valence electrons. The highest BCUT2D eigenvalue weighted by Gasteiger charge is 2.15. The highest BCUT2D eigenvalue weighted by atomic mass is 16.7. The number of hydrogen-bond acceptors (Lipinski definition) is 7. The normalized spacial score (nSPS) is 11.9. The topological polar surface area (TPSA) is 116 Å². The third-order valence-electron chi connectivity index (χ3n) is 5.76. The lowest BCUT2D eigenvalue weighted by Gasteiger charge is -2.09. The van der Waals surface area contributed by atoms with E-state index < -0.39 is 0 Å². The second kappa shape index (κ2) is 9.50.